The highest BCUT2D eigenvalue weighted by Crippen LogP contribution is 2.21. The largest absolute Gasteiger partial charge is 0.492 e. The minimum absolute atomic E-state index is 0.125. The Morgan fingerprint density at radius 2 is 1.68 bits per heavy atom. The number of nitrogens with zero attached hydrogens (tertiary/aromatic N) is 1. The maximum absolute atomic E-state index is 13.2. The summed E-state index contributed by atoms with van der Waals surface area (Å²) >= 11 is 1.88. The van der Waals surface area contributed by atoms with E-state index < -0.39 is 12.1 Å². The van der Waals surface area contributed by atoms with Gasteiger partial charge in [0.25, 0.3) is 0 Å². The van der Waals surface area contributed by atoms with Crippen molar-refractivity contribution in [2.45, 2.75) is 66.4 Å². The summed E-state index contributed by atoms with van der Waals surface area (Å²) in [7, 11) is 0. The molecular weight excluding hydrogens is 500 g/mol. The number of anilines is 1. The standard InChI is InChI=1S/C30H44N2O5S/c1-6-8-9-17-38-18-15-32(30(35)31-27-20-23(4)22(3)19-24(27)5)14-16-37-26-12-10-25(11-13-26)21-28(29(33)34)36-7-2/h10-13,19-20,28H,6-9,14-18,21H2,1-5H3,(H,31,35)(H,33,34). The van der Waals surface area contributed by atoms with Crippen molar-refractivity contribution in [2.24, 2.45) is 0 Å². The average Bonchev–Trinajstić information content (AvgIpc) is 2.88. The molecule has 2 aromatic carbocycles. The quantitative estimate of drug-likeness (QED) is 0.222. The van der Waals surface area contributed by atoms with Gasteiger partial charge in [0.15, 0.2) is 6.10 Å². The number of urea groups is 1. The van der Waals surface area contributed by atoms with E-state index in [2.05, 4.69) is 25.2 Å². The number of thioether (sulfide) groups is 1. The molecule has 2 aromatic rings. The number of ether oxygens (including phenoxy) is 2. The fraction of sp³-hybridized carbons (Fsp3) is 0.533. The highest BCUT2D eigenvalue weighted by atomic mass is 32.2. The molecule has 0 aliphatic heterocycles. The average molecular weight is 545 g/mol. The van der Waals surface area contributed by atoms with Gasteiger partial charge in [-0.15, -0.1) is 0 Å². The lowest BCUT2D eigenvalue weighted by Gasteiger charge is -2.24. The van der Waals surface area contributed by atoms with Crippen LogP contribution in [-0.4, -0.2) is 65.9 Å². The number of aryl methyl sites for hydroxylation is 3. The van der Waals surface area contributed by atoms with Crippen LogP contribution in [0.5, 0.6) is 5.75 Å². The van der Waals surface area contributed by atoms with Gasteiger partial charge in [-0.2, -0.15) is 11.8 Å². The fourth-order valence-electron chi connectivity index (χ4n) is 3.96. The van der Waals surface area contributed by atoms with Crippen molar-refractivity contribution in [3.8, 4) is 5.75 Å². The van der Waals surface area contributed by atoms with E-state index in [0.717, 1.165) is 33.9 Å². The van der Waals surface area contributed by atoms with Crippen molar-refractivity contribution < 1.29 is 24.2 Å². The third kappa shape index (κ3) is 11.0. The minimum Gasteiger partial charge on any atom is -0.492 e. The predicted octanol–water partition coefficient (Wildman–Crippen LogP) is 6.48. The van der Waals surface area contributed by atoms with Gasteiger partial charge >= 0.3 is 12.0 Å². The van der Waals surface area contributed by atoms with Gasteiger partial charge in [0.1, 0.15) is 12.4 Å². The Balaban J connectivity index is 1.96. The number of hydrogen-bond acceptors (Lipinski definition) is 5. The molecule has 0 bridgehead atoms. The molecule has 0 heterocycles. The smallest absolute Gasteiger partial charge is 0.333 e. The summed E-state index contributed by atoms with van der Waals surface area (Å²) in [5, 5.41) is 12.4. The molecular formula is C30H44N2O5S. The van der Waals surface area contributed by atoms with Crippen LogP contribution in [-0.2, 0) is 16.0 Å². The summed E-state index contributed by atoms with van der Waals surface area (Å²) in [6, 6.07) is 11.4. The van der Waals surface area contributed by atoms with Crippen LogP contribution in [0.15, 0.2) is 36.4 Å². The molecule has 0 saturated heterocycles. The van der Waals surface area contributed by atoms with Crippen LogP contribution in [0.4, 0.5) is 10.5 Å². The number of hydrogen-bond donors (Lipinski definition) is 2. The van der Waals surface area contributed by atoms with Gasteiger partial charge in [0.2, 0.25) is 0 Å². The zero-order valence-corrected chi connectivity index (χ0v) is 24.4. The molecule has 0 aliphatic carbocycles. The number of carboxylic acid groups (broad SMARTS) is 1. The van der Waals surface area contributed by atoms with E-state index in [4.69, 9.17) is 9.47 Å². The maximum Gasteiger partial charge on any atom is 0.333 e. The van der Waals surface area contributed by atoms with Gasteiger partial charge in [0.05, 0.1) is 6.54 Å². The SMILES string of the molecule is CCCCCSCCN(CCOc1ccc(CC(OCC)C(=O)O)cc1)C(=O)Nc1cc(C)c(C)cc1C. The molecule has 1 unspecified atom stereocenters. The number of benzene rings is 2. The molecule has 1 atom stereocenters. The van der Waals surface area contributed by atoms with Gasteiger partial charge in [-0.1, -0.05) is 38.0 Å². The second-order valence-corrected chi connectivity index (χ2v) is 10.7. The first kappa shape index (κ1) is 31.5. The van der Waals surface area contributed by atoms with E-state index >= 15 is 0 Å². The molecule has 0 saturated carbocycles. The van der Waals surface area contributed by atoms with E-state index in [1.165, 1.54) is 24.8 Å². The number of aliphatic carboxylic acids is 1. The zero-order chi connectivity index (χ0) is 27.9. The summed E-state index contributed by atoms with van der Waals surface area (Å²) in [6.07, 6.45) is 3.07. The summed E-state index contributed by atoms with van der Waals surface area (Å²) in [5.74, 6) is 1.69. The normalized spacial score (nSPS) is 11.7. The monoisotopic (exact) mass is 544 g/mol. The number of rotatable bonds is 17. The van der Waals surface area contributed by atoms with Crippen LogP contribution < -0.4 is 10.1 Å². The topological polar surface area (TPSA) is 88.1 Å². The number of amides is 2. The molecule has 0 aliphatic rings. The Morgan fingerprint density at radius 3 is 2.34 bits per heavy atom. The molecule has 0 spiro atoms. The van der Waals surface area contributed by atoms with Crippen molar-refractivity contribution in [3.63, 3.8) is 0 Å². The van der Waals surface area contributed by atoms with Crippen LogP contribution in [0.1, 0.15) is 55.4 Å². The van der Waals surface area contributed by atoms with Gasteiger partial charge in [0, 0.05) is 31.0 Å². The third-order valence-electron chi connectivity index (χ3n) is 6.38. The molecule has 0 fully saturated rings. The molecule has 2 N–H and O–H groups in total. The van der Waals surface area contributed by atoms with Gasteiger partial charge in [-0.3, -0.25) is 0 Å². The van der Waals surface area contributed by atoms with Crippen LogP contribution >= 0.6 is 11.8 Å². The third-order valence-corrected chi connectivity index (χ3v) is 7.43. The lowest BCUT2D eigenvalue weighted by molar-refractivity contribution is -0.149. The molecule has 2 amide bonds. The Kier molecular flexibility index (Phi) is 14.1. The maximum atomic E-state index is 13.2. The molecule has 2 rings (SSSR count). The van der Waals surface area contributed by atoms with Crippen molar-refractivity contribution in [1.82, 2.24) is 4.90 Å². The van der Waals surface area contributed by atoms with Crippen molar-refractivity contribution in [2.75, 3.05) is 43.1 Å². The minimum atomic E-state index is -0.968. The number of unbranched alkanes of at least 4 members (excludes halogenated alkanes) is 2. The van der Waals surface area contributed by atoms with E-state index in [-0.39, 0.29) is 6.03 Å². The molecule has 38 heavy (non-hydrogen) atoms. The van der Waals surface area contributed by atoms with E-state index in [9.17, 15) is 14.7 Å². The lowest BCUT2D eigenvalue weighted by atomic mass is 10.1. The lowest BCUT2D eigenvalue weighted by Crippen LogP contribution is -2.39. The number of carbonyl (C=O) groups is 2. The Hall–Kier alpha value is -2.71. The molecule has 210 valence electrons. The first-order chi connectivity index (χ1) is 18.2. The molecule has 7 nitrogen and oxygen atoms in total. The molecule has 0 radical (unpaired) electrons. The summed E-state index contributed by atoms with van der Waals surface area (Å²) in [6.45, 7) is 11.9. The Bertz CT molecular complexity index is 1010. The van der Waals surface area contributed by atoms with Crippen LogP contribution in [0, 0.1) is 20.8 Å². The number of carboxylic acids is 1. The van der Waals surface area contributed by atoms with Crippen molar-refractivity contribution in [1.29, 1.82) is 0 Å². The van der Waals surface area contributed by atoms with Crippen molar-refractivity contribution in [3.05, 3.63) is 58.7 Å². The van der Waals surface area contributed by atoms with Crippen LogP contribution in [0.3, 0.4) is 0 Å². The Morgan fingerprint density at radius 1 is 0.974 bits per heavy atom. The highest BCUT2D eigenvalue weighted by Gasteiger charge is 2.18. The fourth-order valence-corrected chi connectivity index (χ4v) is 4.93. The molecule has 8 heteroatoms. The first-order valence-electron chi connectivity index (χ1n) is 13.5. The summed E-state index contributed by atoms with van der Waals surface area (Å²) in [4.78, 5) is 26.4. The van der Waals surface area contributed by atoms with E-state index in [0.29, 0.717) is 38.5 Å². The predicted molar refractivity (Wildman–Crippen MR) is 157 cm³/mol. The van der Waals surface area contributed by atoms with Crippen LogP contribution in [0.25, 0.3) is 0 Å². The second kappa shape index (κ2) is 17.0. The Labute approximate surface area is 232 Å². The van der Waals surface area contributed by atoms with Gasteiger partial charge in [-0.25, -0.2) is 9.59 Å². The second-order valence-electron chi connectivity index (χ2n) is 9.47. The number of carbonyl (C=O) groups excluding carboxylic acids is 1. The highest BCUT2D eigenvalue weighted by molar-refractivity contribution is 7.99. The zero-order valence-electron chi connectivity index (χ0n) is 23.5. The first-order valence-corrected chi connectivity index (χ1v) is 14.7. The van der Waals surface area contributed by atoms with Crippen LogP contribution in [0.2, 0.25) is 0 Å². The van der Waals surface area contributed by atoms with Crippen molar-refractivity contribution >= 4 is 29.4 Å². The summed E-state index contributed by atoms with van der Waals surface area (Å²) in [5.41, 5.74) is 5.09. The summed E-state index contributed by atoms with van der Waals surface area (Å²) < 4.78 is 11.2. The van der Waals surface area contributed by atoms with E-state index in [1.54, 1.807) is 6.92 Å². The number of nitrogens with one attached hydrogen (secondary N) is 1. The molecule has 0 aromatic heterocycles. The van der Waals surface area contributed by atoms with E-state index in [1.807, 2.05) is 60.8 Å². The van der Waals surface area contributed by atoms with Gasteiger partial charge in [-0.05, 0) is 80.3 Å². The van der Waals surface area contributed by atoms with Gasteiger partial charge < -0.3 is 24.8 Å².